The van der Waals surface area contributed by atoms with E-state index >= 15 is 0 Å². The zero-order valence-electron chi connectivity index (χ0n) is 11.7. The third-order valence-electron chi connectivity index (χ3n) is 3.42. The van der Waals surface area contributed by atoms with Gasteiger partial charge in [0.2, 0.25) is 0 Å². The summed E-state index contributed by atoms with van der Waals surface area (Å²) in [6, 6.07) is 7.87. The molecule has 0 bridgehead atoms. The molecule has 1 aromatic rings. The number of carbonyl (C=O) groups is 1. The zero-order chi connectivity index (χ0) is 14.4. The summed E-state index contributed by atoms with van der Waals surface area (Å²) in [5, 5.41) is 9.35. The van der Waals surface area contributed by atoms with Crippen molar-refractivity contribution in [2.75, 3.05) is 26.8 Å². The van der Waals surface area contributed by atoms with Crippen LogP contribution in [0.1, 0.15) is 18.4 Å². The molecular weight excluding hydrogens is 258 g/mol. The minimum Gasteiger partial charge on any atom is -0.497 e. The molecule has 1 amide bonds. The highest BCUT2D eigenvalue weighted by molar-refractivity contribution is 5.67. The van der Waals surface area contributed by atoms with E-state index in [-0.39, 0.29) is 6.09 Å². The van der Waals surface area contributed by atoms with E-state index in [1.165, 1.54) is 5.56 Å². The molecule has 1 aliphatic rings. The maximum atomic E-state index is 11.7. The standard InChI is InChI=1S/C15H21NO4/c1-19-14-6-4-12(5-7-14)3-2-10-20-15(18)16-9-8-13(17)11-16/h4-7,13,17H,2-3,8-11H2,1H3. The highest BCUT2D eigenvalue weighted by Crippen LogP contribution is 2.13. The number of carbonyl (C=O) groups excluding carboxylic acids is 1. The van der Waals surface area contributed by atoms with Gasteiger partial charge < -0.3 is 19.5 Å². The lowest BCUT2D eigenvalue weighted by Gasteiger charge is -2.15. The fraction of sp³-hybridized carbons (Fsp3) is 0.533. The Kier molecular flexibility index (Phi) is 5.24. The van der Waals surface area contributed by atoms with E-state index in [0.29, 0.717) is 26.1 Å². The highest BCUT2D eigenvalue weighted by atomic mass is 16.6. The van der Waals surface area contributed by atoms with E-state index in [4.69, 9.17) is 9.47 Å². The van der Waals surface area contributed by atoms with Crippen LogP contribution in [0.3, 0.4) is 0 Å². The van der Waals surface area contributed by atoms with Gasteiger partial charge in [-0.3, -0.25) is 0 Å². The van der Waals surface area contributed by atoms with Gasteiger partial charge in [-0.2, -0.15) is 0 Å². The van der Waals surface area contributed by atoms with Crippen molar-refractivity contribution in [1.29, 1.82) is 0 Å². The number of aryl methyl sites for hydroxylation is 1. The van der Waals surface area contributed by atoms with Gasteiger partial charge in [0, 0.05) is 13.1 Å². The molecule has 110 valence electrons. The predicted octanol–water partition coefficient (Wildman–Crippen LogP) is 1.83. The summed E-state index contributed by atoms with van der Waals surface area (Å²) in [7, 11) is 1.64. The van der Waals surface area contributed by atoms with Crippen LogP contribution in [0.2, 0.25) is 0 Å². The Morgan fingerprint density at radius 2 is 2.15 bits per heavy atom. The normalized spacial score (nSPS) is 18.1. The van der Waals surface area contributed by atoms with Crippen LogP contribution in [0.4, 0.5) is 4.79 Å². The molecule has 1 heterocycles. The van der Waals surface area contributed by atoms with Gasteiger partial charge in [0.25, 0.3) is 0 Å². The number of benzene rings is 1. The zero-order valence-corrected chi connectivity index (χ0v) is 11.7. The molecule has 20 heavy (non-hydrogen) atoms. The summed E-state index contributed by atoms with van der Waals surface area (Å²) in [4.78, 5) is 13.2. The molecule has 1 fully saturated rings. The Bertz CT molecular complexity index is 432. The molecule has 0 spiro atoms. The van der Waals surface area contributed by atoms with E-state index in [2.05, 4.69) is 0 Å². The average Bonchev–Trinajstić information content (AvgIpc) is 2.91. The molecular formula is C15H21NO4. The van der Waals surface area contributed by atoms with E-state index in [1.54, 1.807) is 12.0 Å². The first-order chi connectivity index (χ1) is 9.69. The Morgan fingerprint density at radius 1 is 1.40 bits per heavy atom. The molecule has 5 heteroatoms. The number of ether oxygens (including phenoxy) is 2. The maximum absolute atomic E-state index is 11.7. The van der Waals surface area contributed by atoms with Crippen molar-refractivity contribution < 1.29 is 19.4 Å². The number of amides is 1. The van der Waals surface area contributed by atoms with Crippen molar-refractivity contribution in [2.45, 2.75) is 25.4 Å². The molecule has 2 rings (SSSR count). The number of β-amino-alcohol motifs (C(OH)–C–C–N with tert-alkyl or cyclic N) is 1. The first-order valence-electron chi connectivity index (χ1n) is 6.91. The summed E-state index contributed by atoms with van der Waals surface area (Å²) in [5.41, 5.74) is 1.19. The van der Waals surface area contributed by atoms with Gasteiger partial charge in [-0.25, -0.2) is 4.79 Å². The lowest BCUT2D eigenvalue weighted by molar-refractivity contribution is 0.102. The van der Waals surface area contributed by atoms with Crippen molar-refractivity contribution in [3.8, 4) is 5.75 Å². The van der Waals surface area contributed by atoms with Crippen molar-refractivity contribution in [3.63, 3.8) is 0 Å². The van der Waals surface area contributed by atoms with E-state index in [9.17, 15) is 9.90 Å². The number of hydrogen-bond acceptors (Lipinski definition) is 4. The number of rotatable bonds is 5. The lowest BCUT2D eigenvalue weighted by Crippen LogP contribution is -2.30. The smallest absolute Gasteiger partial charge is 0.409 e. The number of hydrogen-bond donors (Lipinski definition) is 1. The summed E-state index contributed by atoms with van der Waals surface area (Å²) in [6.07, 6.45) is 1.56. The highest BCUT2D eigenvalue weighted by Gasteiger charge is 2.25. The molecule has 1 N–H and O–H groups in total. The molecule has 1 aliphatic heterocycles. The van der Waals surface area contributed by atoms with Crippen molar-refractivity contribution >= 4 is 6.09 Å². The molecule has 1 atom stereocenters. The molecule has 0 radical (unpaired) electrons. The average molecular weight is 279 g/mol. The van der Waals surface area contributed by atoms with Gasteiger partial charge >= 0.3 is 6.09 Å². The van der Waals surface area contributed by atoms with Gasteiger partial charge in [0.15, 0.2) is 0 Å². The summed E-state index contributed by atoms with van der Waals surface area (Å²) in [5.74, 6) is 0.841. The minimum atomic E-state index is -0.401. The predicted molar refractivity (Wildman–Crippen MR) is 74.9 cm³/mol. The van der Waals surface area contributed by atoms with Crippen LogP contribution in [-0.4, -0.2) is 49.0 Å². The number of nitrogens with zero attached hydrogens (tertiary/aromatic N) is 1. The van der Waals surface area contributed by atoms with Gasteiger partial charge in [0.1, 0.15) is 5.75 Å². The van der Waals surface area contributed by atoms with E-state index < -0.39 is 6.10 Å². The van der Waals surface area contributed by atoms with Crippen molar-refractivity contribution in [3.05, 3.63) is 29.8 Å². The second kappa shape index (κ2) is 7.14. The molecule has 1 saturated heterocycles. The monoisotopic (exact) mass is 279 g/mol. The summed E-state index contributed by atoms with van der Waals surface area (Å²) >= 11 is 0. The van der Waals surface area contributed by atoms with Gasteiger partial charge in [0.05, 0.1) is 19.8 Å². The number of aliphatic hydroxyl groups is 1. The van der Waals surface area contributed by atoms with Crippen molar-refractivity contribution in [2.24, 2.45) is 0 Å². The van der Waals surface area contributed by atoms with Crippen LogP contribution in [0.15, 0.2) is 24.3 Å². The van der Waals surface area contributed by atoms with Gasteiger partial charge in [-0.15, -0.1) is 0 Å². The van der Waals surface area contributed by atoms with Crippen LogP contribution in [0, 0.1) is 0 Å². The third kappa shape index (κ3) is 4.13. The molecule has 0 saturated carbocycles. The Balaban J connectivity index is 1.64. The number of aliphatic hydroxyl groups excluding tert-OH is 1. The molecule has 0 aliphatic carbocycles. The van der Waals surface area contributed by atoms with Crippen LogP contribution in [0.5, 0.6) is 5.75 Å². The molecule has 0 aromatic heterocycles. The van der Waals surface area contributed by atoms with Gasteiger partial charge in [-0.05, 0) is 37.0 Å². The Hall–Kier alpha value is -1.75. The fourth-order valence-electron chi connectivity index (χ4n) is 2.23. The quantitative estimate of drug-likeness (QED) is 0.835. The second-order valence-electron chi connectivity index (χ2n) is 4.95. The molecule has 1 unspecified atom stereocenters. The molecule has 1 aromatic carbocycles. The fourth-order valence-corrected chi connectivity index (χ4v) is 2.23. The second-order valence-corrected chi connectivity index (χ2v) is 4.95. The first kappa shape index (κ1) is 14.7. The third-order valence-corrected chi connectivity index (χ3v) is 3.42. The number of methoxy groups -OCH3 is 1. The Morgan fingerprint density at radius 3 is 2.75 bits per heavy atom. The van der Waals surface area contributed by atoms with Gasteiger partial charge in [-0.1, -0.05) is 12.1 Å². The Labute approximate surface area is 119 Å². The van der Waals surface area contributed by atoms with Crippen LogP contribution < -0.4 is 4.74 Å². The first-order valence-corrected chi connectivity index (χ1v) is 6.91. The lowest BCUT2D eigenvalue weighted by atomic mass is 10.1. The topological polar surface area (TPSA) is 59.0 Å². The SMILES string of the molecule is COc1ccc(CCCOC(=O)N2CCC(O)C2)cc1. The minimum absolute atomic E-state index is 0.323. The van der Waals surface area contributed by atoms with E-state index in [1.807, 2.05) is 24.3 Å². The van der Waals surface area contributed by atoms with Crippen LogP contribution in [0.25, 0.3) is 0 Å². The largest absolute Gasteiger partial charge is 0.497 e. The van der Waals surface area contributed by atoms with Crippen LogP contribution in [-0.2, 0) is 11.2 Å². The van der Waals surface area contributed by atoms with Crippen LogP contribution >= 0.6 is 0 Å². The summed E-state index contributed by atoms with van der Waals surface area (Å²) < 4.78 is 10.3. The van der Waals surface area contributed by atoms with E-state index in [0.717, 1.165) is 18.6 Å². The summed E-state index contributed by atoms with van der Waals surface area (Å²) in [6.45, 7) is 1.37. The molecule has 5 nitrogen and oxygen atoms in total. The maximum Gasteiger partial charge on any atom is 0.409 e. The van der Waals surface area contributed by atoms with Crippen molar-refractivity contribution in [1.82, 2.24) is 4.90 Å². The number of likely N-dealkylation sites (tertiary alicyclic amines) is 1.